The van der Waals surface area contributed by atoms with Crippen LogP contribution in [0.2, 0.25) is 0 Å². The summed E-state index contributed by atoms with van der Waals surface area (Å²) in [6.07, 6.45) is 4.24. The van der Waals surface area contributed by atoms with Crippen molar-refractivity contribution < 1.29 is 13.5 Å². The first-order valence-electron chi connectivity index (χ1n) is 7.09. The van der Waals surface area contributed by atoms with Crippen LogP contribution in [0.15, 0.2) is 29.2 Å². The quantitative estimate of drug-likeness (QED) is 0.871. The lowest BCUT2D eigenvalue weighted by atomic mass is 10.1. The molecule has 0 amide bonds. The van der Waals surface area contributed by atoms with Gasteiger partial charge in [0.2, 0.25) is 0 Å². The van der Waals surface area contributed by atoms with Crippen molar-refractivity contribution in [2.45, 2.75) is 43.2 Å². The zero-order valence-corrected chi connectivity index (χ0v) is 12.9. The van der Waals surface area contributed by atoms with Gasteiger partial charge < -0.3 is 10.4 Å². The summed E-state index contributed by atoms with van der Waals surface area (Å²) in [6, 6.07) is 6.94. The largest absolute Gasteiger partial charge is 0.387 e. The molecule has 2 N–H and O–H groups in total. The van der Waals surface area contributed by atoms with Crippen LogP contribution in [-0.2, 0) is 9.84 Å². The summed E-state index contributed by atoms with van der Waals surface area (Å²) in [6.45, 7) is 2.74. The van der Waals surface area contributed by atoms with E-state index in [2.05, 4.69) is 12.2 Å². The highest BCUT2D eigenvalue weighted by Gasteiger charge is 2.23. The second-order valence-corrected chi connectivity index (χ2v) is 7.80. The summed E-state index contributed by atoms with van der Waals surface area (Å²) in [7, 11) is -3.18. The fourth-order valence-corrected chi connectivity index (χ4v) is 3.40. The van der Waals surface area contributed by atoms with Crippen LogP contribution in [0, 0.1) is 5.92 Å². The SMILES string of the molecule is CC1CCCC1NCC(O)c1ccc(S(C)(=O)=O)cc1. The Labute approximate surface area is 121 Å². The Bertz CT molecular complexity index is 539. The van der Waals surface area contributed by atoms with Crippen molar-refractivity contribution >= 4 is 9.84 Å². The third-order valence-corrected chi connectivity index (χ3v) is 5.26. The van der Waals surface area contributed by atoms with Crippen molar-refractivity contribution in [3.8, 4) is 0 Å². The monoisotopic (exact) mass is 297 g/mol. The van der Waals surface area contributed by atoms with Crippen molar-refractivity contribution in [1.29, 1.82) is 0 Å². The summed E-state index contributed by atoms with van der Waals surface area (Å²) in [5.74, 6) is 0.662. The molecule has 20 heavy (non-hydrogen) atoms. The van der Waals surface area contributed by atoms with Gasteiger partial charge in [0.1, 0.15) is 0 Å². The first-order chi connectivity index (χ1) is 9.38. The highest BCUT2D eigenvalue weighted by Crippen LogP contribution is 2.25. The second kappa shape index (κ2) is 6.24. The molecule has 0 heterocycles. The molecule has 3 unspecified atom stereocenters. The van der Waals surface area contributed by atoms with Crippen LogP contribution < -0.4 is 5.32 Å². The maximum Gasteiger partial charge on any atom is 0.175 e. The Morgan fingerprint density at radius 1 is 1.30 bits per heavy atom. The highest BCUT2D eigenvalue weighted by atomic mass is 32.2. The van der Waals surface area contributed by atoms with E-state index in [0.29, 0.717) is 18.5 Å². The lowest BCUT2D eigenvalue weighted by molar-refractivity contribution is 0.167. The van der Waals surface area contributed by atoms with E-state index in [0.717, 1.165) is 5.56 Å². The molecule has 0 spiro atoms. The number of rotatable bonds is 5. The molecule has 2 rings (SSSR count). The van der Waals surface area contributed by atoms with Crippen molar-refractivity contribution in [3.63, 3.8) is 0 Å². The van der Waals surface area contributed by atoms with Gasteiger partial charge in [-0.15, -0.1) is 0 Å². The first-order valence-corrected chi connectivity index (χ1v) is 8.98. The fraction of sp³-hybridized carbons (Fsp3) is 0.600. The van der Waals surface area contributed by atoms with Gasteiger partial charge in [-0.2, -0.15) is 0 Å². The molecule has 4 nitrogen and oxygen atoms in total. The van der Waals surface area contributed by atoms with Crippen LogP contribution in [0.1, 0.15) is 37.9 Å². The number of sulfone groups is 1. The average Bonchev–Trinajstić information content (AvgIpc) is 2.81. The molecule has 0 bridgehead atoms. The smallest absolute Gasteiger partial charge is 0.175 e. The topological polar surface area (TPSA) is 66.4 Å². The average molecular weight is 297 g/mol. The van der Waals surface area contributed by atoms with E-state index < -0.39 is 15.9 Å². The lowest BCUT2D eigenvalue weighted by Crippen LogP contribution is -2.34. The molecular formula is C15H23NO3S. The molecule has 112 valence electrons. The molecule has 1 fully saturated rings. The first kappa shape index (κ1) is 15.5. The maximum absolute atomic E-state index is 11.4. The molecule has 1 aliphatic carbocycles. The van der Waals surface area contributed by atoms with E-state index in [1.54, 1.807) is 24.3 Å². The van der Waals surface area contributed by atoms with Crippen LogP contribution in [0.3, 0.4) is 0 Å². The fourth-order valence-electron chi connectivity index (χ4n) is 2.77. The van der Waals surface area contributed by atoms with Gasteiger partial charge in [-0.25, -0.2) is 8.42 Å². The van der Waals surface area contributed by atoms with E-state index in [1.165, 1.54) is 25.5 Å². The van der Waals surface area contributed by atoms with Crippen LogP contribution in [0.5, 0.6) is 0 Å². The predicted octanol–water partition coefficient (Wildman–Crippen LogP) is 1.90. The molecular weight excluding hydrogens is 274 g/mol. The standard InChI is InChI=1S/C15H23NO3S/c1-11-4-3-5-14(11)16-10-15(17)12-6-8-13(9-7-12)20(2,18)19/h6-9,11,14-17H,3-5,10H2,1-2H3. The van der Waals surface area contributed by atoms with E-state index in [9.17, 15) is 13.5 Å². The Hall–Kier alpha value is -0.910. The predicted molar refractivity (Wildman–Crippen MR) is 79.3 cm³/mol. The van der Waals surface area contributed by atoms with Gasteiger partial charge in [0, 0.05) is 18.8 Å². The molecule has 0 aromatic heterocycles. The number of benzene rings is 1. The Kier molecular flexibility index (Phi) is 4.83. The number of nitrogens with one attached hydrogen (secondary N) is 1. The van der Waals surface area contributed by atoms with E-state index >= 15 is 0 Å². The van der Waals surface area contributed by atoms with Gasteiger partial charge in [0.15, 0.2) is 9.84 Å². The Morgan fingerprint density at radius 2 is 1.95 bits per heavy atom. The number of hydrogen-bond acceptors (Lipinski definition) is 4. The summed E-state index contributed by atoms with van der Waals surface area (Å²) >= 11 is 0. The molecule has 0 saturated heterocycles. The zero-order chi connectivity index (χ0) is 14.8. The normalized spacial score (nSPS) is 24.8. The van der Waals surface area contributed by atoms with Gasteiger partial charge in [-0.1, -0.05) is 25.5 Å². The molecule has 1 aliphatic rings. The van der Waals surface area contributed by atoms with Crippen molar-refractivity contribution in [2.75, 3.05) is 12.8 Å². The zero-order valence-electron chi connectivity index (χ0n) is 12.0. The summed E-state index contributed by atoms with van der Waals surface area (Å²) < 4.78 is 22.7. The second-order valence-electron chi connectivity index (χ2n) is 5.78. The van der Waals surface area contributed by atoms with Crippen molar-refractivity contribution in [2.24, 2.45) is 5.92 Å². The summed E-state index contributed by atoms with van der Waals surface area (Å²) in [4.78, 5) is 0.283. The van der Waals surface area contributed by atoms with Gasteiger partial charge in [0.25, 0.3) is 0 Å². The maximum atomic E-state index is 11.4. The van der Waals surface area contributed by atoms with Crippen molar-refractivity contribution in [1.82, 2.24) is 5.32 Å². The Balaban J connectivity index is 1.94. The van der Waals surface area contributed by atoms with Crippen molar-refractivity contribution in [3.05, 3.63) is 29.8 Å². The number of hydrogen-bond donors (Lipinski definition) is 2. The van der Waals surface area contributed by atoms with E-state index in [4.69, 9.17) is 0 Å². The van der Waals surface area contributed by atoms with Gasteiger partial charge in [0.05, 0.1) is 11.0 Å². The molecule has 5 heteroatoms. The molecule has 1 aromatic rings. The minimum atomic E-state index is -3.18. The lowest BCUT2D eigenvalue weighted by Gasteiger charge is -2.20. The molecule has 3 atom stereocenters. The van der Waals surface area contributed by atoms with Gasteiger partial charge >= 0.3 is 0 Å². The highest BCUT2D eigenvalue weighted by molar-refractivity contribution is 7.90. The van der Waals surface area contributed by atoms with E-state index in [1.807, 2.05) is 0 Å². The molecule has 1 saturated carbocycles. The van der Waals surface area contributed by atoms with Gasteiger partial charge in [-0.3, -0.25) is 0 Å². The minimum absolute atomic E-state index is 0.283. The molecule has 1 aromatic carbocycles. The summed E-state index contributed by atoms with van der Waals surface area (Å²) in [5, 5.41) is 13.6. The molecule has 0 radical (unpaired) electrons. The number of aliphatic hydroxyl groups is 1. The summed E-state index contributed by atoms with van der Waals surface area (Å²) in [5.41, 5.74) is 0.746. The van der Waals surface area contributed by atoms with Crippen LogP contribution >= 0.6 is 0 Å². The van der Waals surface area contributed by atoms with Crippen LogP contribution in [0.4, 0.5) is 0 Å². The Morgan fingerprint density at radius 3 is 2.45 bits per heavy atom. The minimum Gasteiger partial charge on any atom is -0.387 e. The number of aliphatic hydroxyl groups excluding tert-OH is 1. The van der Waals surface area contributed by atoms with Crippen LogP contribution in [-0.4, -0.2) is 32.4 Å². The van der Waals surface area contributed by atoms with E-state index in [-0.39, 0.29) is 4.90 Å². The molecule has 0 aliphatic heterocycles. The third kappa shape index (κ3) is 3.81. The third-order valence-electron chi connectivity index (χ3n) is 4.13. The van der Waals surface area contributed by atoms with Crippen LogP contribution in [0.25, 0.3) is 0 Å². The van der Waals surface area contributed by atoms with Gasteiger partial charge in [-0.05, 0) is 36.5 Å².